The molecule has 32 heavy (non-hydrogen) atoms. The summed E-state index contributed by atoms with van der Waals surface area (Å²) < 4.78 is 22.2. The monoisotopic (exact) mass is 435 g/mol. The molecule has 0 saturated carbocycles. The highest BCUT2D eigenvalue weighted by molar-refractivity contribution is 6.03. The Labute approximate surface area is 184 Å². The summed E-state index contributed by atoms with van der Waals surface area (Å²) in [6, 6.07) is 8.41. The fourth-order valence-electron chi connectivity index (χ4n) is 4.31. The largest absolute Gasteiger partial charge is 0.494 e. The van der Waals surface area contributed by atoms with Gasteiger partial charge in [0.05, 0.1) is 23.2 Å². The van der Waals surface area contributed by atoms with E-state index in [2.05, 4.69) is 21.9 Å². The molecule has 4 aromatic rings. The first-order chi connectivity index (χ1) is 15.6. The van der Waals surface area contributed by atoms with Crippen LogP contribution in [0, 0.1) is 12.7 Å². The van der Waals surface area contributed by atoms with E-state index in [0.717, 1.165) is 44.6 Å². The van der Waals surface area contributed by atoms with Crippen LogP contribution in [0.4, 0.5) is 10.2 Å². The molecule has 0 radical (unpaired) electrons. The number of hydrogen-bond acceptors (Lipinski definition) is 5. The molecule has 166 valence electrons. The van der Waals surface area contributed by atoms with Crippen LogP contribution in [-0.4, -0.2) is 39.4 Å². The summed E-state index contributed by atoms with van der Waals surface area (Å²) >= 11 is 0. The van der Waals surface area contributed by atoms with E-state index < -0.39 is 5.82 Å². The Morgan fingerprint density at radius 2 is 2.00 bits per heavy atom. The SMILES string of the molecule is CCCCOc1ccc(F)c(-n2nc(C)c3c(=O)[nH]c4ccc(N5CCCC5)nc4c32)c1. The predicted octanol–water partition coefficient (Wildman–Crippen LogP) is 4.49. The fourth-order valence-corrected chi connectivity index (χ4v) is 4.31. The van der Waals surface area contributed by atoms with E-state index in [1.54, 1.807) is 19.1 Å². The number of benzene rings is 1. The van der Waals surface area contributed by atoms with E-state index in [0.29, 0.717) is 40.0 Å². The smallest absolute Gasteiger partial charge is 0.259 e. The molecule has 1 saturated heterocycles. The van der Waals surface area contributed by atoms with Gasteiger partial charge in [0.1, 0.15) is 34.1 Å². The van der Waals surface area contributed by atoms with Crippen LogP contribution in [0.2, 0.25) is 0 Å². The van der Waals surface area contributed by atoms with E-state index >= 15 is 0 Å². The van der Waals surface area contributed by atoms with Crippen LogP contribution in [0.1, 0.15) is 38.3 Å². The number of anilines is 1. The maximum atomic E-state index is 15.0. The standard InChI is InChI=1S/C24H26FN5O2/c1-3-4-13-32-16-7-8-17(25)19(14-16)30-23-21(15(2)28-30)24(31)26-18-9-10-20(27-22(18)23)29-11-5-6-12-29/h7-10,14H,3-6,11-13H2,1-2H3,(H,26,31). The van der Waals surface area contributed by atoms with Gasteiger partial charge in [-0.25, -0.2) is 14.1 Å². The minimum absolute atomic E-state index is 0.234. The number of fused-ring (bicyclic) bond motifs is 3. The lowest BCUT2D eigenvalue weighted by Crippen LogP contribution is -2.19. The van der Waals surface area contributed by atoms with E-state index in [9.17, 15) is 9.18 Å². The first kappa shape index (κ1) is 20.5. The summed E-state index contributed by atoms with van der Waals surface area (Å²) in [5.41, 5.74) is 2.20. The number of nitrogens with one attached hydrogen (secondary N) is 1. The predicted molar refractivity (Wildman–Crippen MR) is 124 cm³/mol. The van der Waals surface area contributed by atoms with Crippen molar-refractivity contribution in [1.29, 1.82) is 0 Å². The average molecular weight is 436 g/mol. The van der Waals surface area contributed by atoms with Crippen molar-refractivity contribution in [3.8, 4) is 11.4 Å². The number of nitrogens with zero attached hydrogens (tertiary/aromatic N) is 4. The van der Waals surface area contributed by atoms with Crippen molar-refractivity contribution < 1.29 is 9.13 Å². The molecule has 0 bridgehead atoms. The normalized spacial score (nSPS) is 14.0. The number of halogens is 1. The van der Waals surface area contributed by atoms with Gasteiger partial charge in [-0.15, -0.1) is 0 Å². The van der Waals surface area contributed by atoms with Gasteiger partial charge in [0.15, 0.2) is 0 Å². The van der Waals surface area contributed by atoms with E-state index in [4.69, 9.17) is 9.72 Å². The van der Waals surface area contributed by atoms with Crippen molar-refractivity contribution >= 4 is 27.8 Å². The summed E-state index contributed by atoms with van der Waals surface area (Å²) in [6.45, 7) is 6.31. The van der Waals surface area contributed by atoms with E-state index in [-0.39, 0.29) is 11.2 Å². The molecule has 3 aromatic heterocycles. The third kappa shape index (κ3) is 3.49. The lowest BCUT2D eigenvalue weighted by molar-refractivity contribution is 0.309. The molecule has 0 spiro atoms. The first-order valence-corrected chi connectivity index (χ1v) is 11.2. The van der Waals surface area contributed by atoms with Gasteiger partial charge in [0.25, 0.3) is 5.56 Å². The summed E-state index contributed by atoms with van der Waals surface area (Å²) in [5.74, 6) is 0.975. The molecule has 0 unspecified atom stereocenters. The van der Waals surface area contributed by atoms with E-state index in [1.165, 1.54) is 10.7 Å². The van der Waals surface area contributed by atoms with Crippen LogP contribution in [-0.2, 0) is 0 Å². The minimum Gasteiger partial charge on any atom is -0.494 e. The Kier molecular flexibility index (Phi) is 5.28. The molecule has 1 aliphatic heterocycles. The molecule has 0 atom stereocenters. The Morgan fingerprint density at radius 1 is 1.19 bits per heavy atom. The summed E-state index contributed by atoms with van der Waals surface area (Å²) in [5, 5.41) is 4.96. The second kappa shape index (κ2) is 8.26. The maximum absolute atomic E-state index is 15.0. The number of pyridine rings is 2. The number of unbranched alkanes of at least 4 members (excludes halogenated alkanes) is 1. The van der Waals surface area contributed by atoms with Gasteiger partial charge >= 0.3 is 0 Å². The molecule has 0 amide bonds. The molecule has 1 fully saturated rings. The molecule has 4 heterocycles. The van der Waals surface area contributed by atoms with Crippen LogP contribution in [0.25, 0.3) is 27.6 Å². The van der Waals surface area contributed by atoms with Crippen molar-refractivity contribution in [3.05, 3.63) is 52.2 Å². The summed E-state index contributed by atoms with van der Waals surface area (Å²) in [7, 11) is 0. The molecule has 8 heteroatoms. The lowest BCUT2D eigenvalue weighted by atomic mass is 10.2. The van der Waals surface area contributed by atoms with Gasteiger partial charge < -0.3 is 14.6 Å². The zero-order chi connectivity index (χ0) is 22.2. The average Bonchev–Trinajstić information content (AvgIpc) is 3.44. The van der Waals surface area contributed by atoms with Crippen LogP contribution >= 0.6 is 0 Å². The highest BCUT2D eigenvalue weighted by Crippen LogP contribution is 2.30. The number of aromatic nitrogens is 4. The van der Waals surface area contributed by atoms with Crippen LogP contribution in [0.3, 0.4) is 0 Å². The molecule has 1 aromatic carbocycles. The van der Waals surface area contributed by atoms with Gasteiger partial charge in [-0.1, -0.05) is 13.3 Å². The molecular weight excluding hydrogens is 409 g/mol. The number of H-pyrrole nitrogens is 1. The zero-order valence-corrected chi connectivity index (χ0v) is 18.3. The second-order valence-electron chi connectivity index (χ2n) is 8.25. The number of ether oxygens (including phenoxy) is 1. The molecule has 1 N–H and O–H groups in total. The van der Waals surface area contributed by atoms with Crippen molar-refractivity contribution in [2.75, 3.05) is 24.6 Å². The molecule has 1 aliphatic rings. The van der Waals surface area contributed by atoms with Gasteiger partial charge in [-0.05, 0) is 50.5 Å². The number of aryl methyl sites for hydroxylation is 1. The Balaban J connectivity index is 1.73. The third-order valence-electron chi connectivity index (χ3n) is 5.98. The molecule has 7 nitrogen and oxygen atoms in total. The van der Waals surface area contributed by atoms with Gasteiger partial charge in [-0.2, -0.15) is 5.10 Å². The van der Waals surface area contributed by atoms with Gasteiger partial charge in [0, 0.05) is 19.2 Å². The highest BCUT2D eigenvalue weighted by Gasteiger charge is 2.21. The lowest BCUT2D eigenvalue weighted by Gasteiger charge is -2.17. The van der Waals surface area contributed by atoms with Crippen molar-refractivity contribution in [2.45, 2.75) is 39.5 Å². The number of aromatic amines is 1. The quantitative estimate of drug-likeness (QED) is 0.452. The topological polar surface area (TPSA) is 76.0 Å². The van der Waals surface area contributed by atoms with Crippen LogP contribution < -0.4 is 15.2 Å². The number of rotatable bonds is 6. The fraction of sp³-hybridized carbons (Fsp3) is 0.375. The Bertz CT molecular complexity index is 1350. The molecular formula is C24H26FN5O2. The van der Waals surface area contributed by atoms with E-state index in [1.807, 2.05) is 12.1 Å². The highest BCUT2D eigenvalue weighted by atomic mass is 19.1. The maximum Gasteiger partial charge on any atom is 0.259 e. The second-order valence-corrected chi connectivity index (χ2v) is 8.25. The minimum atomic E-state index is -0.443. The van der Waals surface area contributed by atoms with Crippen molar-refractivity contribution in [1.82, 2.24) is 19.7 Å². The molecule has 5 rings (SSSR count). The van der Waals surface area contributed by atoms with Gasteiger partial charge in [0.2, 0.25) is 0 Å². The summed E-state index contributed by atoms with van der Waals surface area (Å²) in [4.78, 5) is 22.9. The van der Waals surface area contributed by atoms with Crippen LogP contribution in [0.5, 0.6) is 5.75 Å². The van der Waals surface area contributed by atoms with Gasteiger partial charge in [-0.3, -0.25) is 4.79 Å². The number of hydrogen-bond donors (Lipinski definition) is 1. The van der Waals surface area contributed by atoms with Crippen molar-refractivity contribution in [2.24, 2.45) is 0 Å². The zero-order valence-electron chi connectivity index (χ0n) is 18.3. The Hall–Kier alpha value is -3.42. The first-order valence-electron chi connectivity index (χ1n) is 11.2. The summed E-state index contributed by atoms with van der Waals surface area (Å²) in [6.07, 6.45) is 4.19. The Morgan fingerprint density at radius 3 is 2.78 bits per heavy atom. The van der Waals surface area contributed by atoms with Crippen molar-refractivity contribution in [3.63, 3.8) is 0 Å². The third-order valence-corrected chi connectivity index (χ3v) is 5.98. The molecule has 0 aliphatic carbocycles. The van der Waals surface area contributed by atoms with Crippen LogP contribution in [0.15, 0.2) is 35.1 Å².